The Morgan fingerprint density at radius 2 is 2.00 bits per heavy atom. The van der Waals surface area contributed by atoms with Crippen LogP contribution in [-0.2, 0) is 14.8 Å². The number of carbonyl (C=O) groups excluding carboxylic acids is 1. The Morgan fingerprint density at radius 3 is 2.71 bits per heavy atom. The lowest BCUT2D eigenvalue weighted by Crippen LogP contribution is -2.51. The molecule has 2 heterocycles. The van der Waals surface area contributed by atoms with E-state index in [0.29, 0.717) is 25.1 Å². The quantitative estimate of drug-likeness (QED) is 0.870. The maximum Gasteiger partial charge on any atom is 0.282 e. The third-order valence-electron chi connectivity index (χ3n) is 4.03. The molecule has 8 nitrogen and oxygen atoms in total. The Bertz CT molecular complexity index is 819. The van der Waals surface area contributed by atoms with E-state index in [4.69, 9.17) is 0 Å². The number of carbonyl (C=O) groups is 1. The Morgan fingerprint density at radius 1 is 1.25 bits per heavy atom. The highest BCUT2D eigenvalue weighted by Gasteiger charge is 2.39. The van der Waals surface area contributed by atoms with Gasteiger partial charge in [0.15, 0.2) is 0 Å². The summed E-state index contributed by atoms with van der Waals surface area (Å²) >= 11 is 0. The molecule has 2 aromatic rings. The third-order valence-corrected chi connectivity index (χ3v) is 5.74. The van der Waals surface area contributed by atoms with Gasteiger partial charge in [-0.15, -0.1) is 5.10 Å². The van der Waals surface area contributed by atoms with Crippen molar-refractivity contribution < 1.29 is 13.2 Å². The summed E-state index contributed by atoms with van der Waals surface area (Å²) in [6, 6.07) is 8.42. The van der Waals surface area contributed by atoms with Gasteiger partial charge in [-0.3, -0.25) is 4.79 Å². The average Bonchev–Trinajstić information content (AvgIpc) is 3.13. The van der Waals surface area contributed by atoms with Gasteiger partial charge in [0.1, 0.15) is 12.4 Å². The first-order valence-electron chi connectivity index (χ1n) is 7.74. The fourth-order valence-electron chi connectivity index (χ4n) is 2.80. The summed E-state index contributed by atoms with van der Waals surface area (Å²) in [6.07, 6.45) is 3.39. The Kier molecular flexibility index (Phi) is 4.63. The van der Waals surface area contributed by atoms with Crippen molar-refractivity contribution in [3.8, 4) is 5.69 Å². The van der Waals surface area contributed by atoms with Crippen LogP contribution in [0.15, 0.2) is 41.8 Å². The summed E-state index contributed by atoms with van der Waals surface area (Å²) in [6.45, 7) is 0.292. The van der Waals surface area contributed by atoms with Crippen LogP contribution in [-0.4, -0.2) is 53.0 Å². The summed E-state index contributed by atoms with van der Waals surface area (Å²) in [5.41, 5.74) is 0.716. The van der Waals surface area contributed by atoms with Crippen molar-refractivity contribution in [3.63, 3.8) is 0 Å². The number of para-hydroxylation sites is 1. The van der Waals surface area contributed by atoms with Gasteiger partial charge in [0, 0.05) is 13.6 Å². The molecule has 3 rings (SSSR count). The monoisotopic (exact) mass is 349 g/mol. The molecule has 0 spiro atoms. The predicted octanol–water partition coefficient (Wildman–Crippen LogP) is 0.556. The number of hydrogen-bond acceptors (Lipinski definition) is 5. The number of nitrogens with zero attached hydrogens (tertiary/aromatic N) is 4. The summed E-state index contributed by atoms with van der Waals surface area (Å²) in [5.74, 6) is -0.305. The standard InChI is InChI=1S/C15H19N5O3S/c1-16-14(21)13-9-5-6-10-20(13)24(22,23)15-17-11-19(18-15)12-7-3-2-4-8-12/h2-4,7-8,11,13H,5-6,9-10H2,1H3,(H,16,21). The number of rotatable bonds is 4. The molecule has 1 aliphatic rings. The van der Waals surface area contributed by atoms with Gasteiger partial charge >= 0.3 is 0 Å². The first-order valence-corrected chi connectivity index (χ1v) is 9.18. The van der Waals surface area contributed by atoms with Crippen LogP contribution >= 0.6 is 0 Å². The maximum absolute atomic E-state index is 12.9. The van der Waals surface area contributed by atoms with Crippen molar-refractivity contribution in [2.75, 3.05) is 13.6 Å². The number of benzene rings is 1. The molecule has 24 heavy (non-hydrogen) atoms. The van der Waals surface area contributed by atoms with Crippen LogP contribution in [0.3, 0.4) is 0 Å². The summed E-state index contributed by atoms with van der Waals surface area (Å²) in [5, 5.41) is 6.33. The van der Waals surface area contributed by atoms with E-state index in [0.717, 1.165) is 6.42 Å². The normalized spacial score (nSPS) is 19.1. The Labute approximate surface area is 140 Å². The van der Waals surface area contributed by atoms with Crippen LogP contribution in [0.4, 0.5) is 0 Å². The number of piperidine rings is 1. The fourth-order valence-corrected chi connectivity index (χ4v) is 4.28. The minimum atomic E-state index is -3.92. The topological polar surface area (TPSA) is 97.2 Å². The van der Waals surface area contributed by atoms with Crippen LogP contribution in [0.25, 0.3) is 5.69 Å². The van der Waals surface area contributed by atoms with E-state index in [1.165, 1.54) is 22.4 Å². The minimum absolute atomic E-state index is 0.290. The van der Waals surface area contributed by atoms with Gasteiger partial charge < -0.3 is 5.32 Å². The molecule has 1 aromatic heterocycles. The summed E-state index contributed by atoms with van der Waals surface area (Å²) < 4.78 is 28.4. The molecule has 1 saturated heterocycles. The van der Waals surface area contributed by atoms with Crippen LogP contribution in [0.1, 0.15) is 19.3 Å². The second-order valence-corrected chi connectivity index (χ2v) is 7.33. The highest BCUT2D eigenvalue weighted by molar-refractivity contribution is 7.89. The lowest BCUT2D eigenvalue weighted by atomic mass is 10.0. The van der Waals surface area contributed by atoms with Gasteiger partial charge in [0.25, 0.3) is 15.2 Å². The molecule has 128 valence electrons. The molecular weight excluding hydrogens is 330 g/mol. The predicted molar refractivity (Wildman–Crippen MR) is 87.0 cm³/mol. The van der Waals surface area contributed by atoms with Gasteiger partial charge in [-0.05, 0) is 25.0 Å². The van der Waals surface area contributed by atoms with Gasteiger partial charge in [0.05, 0.1) is 5.69 Å². The molecule has 1 aliphatic heterocycles. The van der Waals surface area contributed by atoms with Crippen molar-refractivity contribution in [1.29, 1.82) is 0 Å². The number of aromatic nitrogens is 3. The van der Waals surface area contributed by atoms with Gasteiger partial charge in [-0.1, -0.05) is 24.6 Å². The van der Waals surface area contributed by atoms with Crippen molar-refractivity contribution in [1.82, 2.24) is 24.4 Å². The molecule has 1 fully saturated rings. The van der Waals surface area contributed by atoms with Crippen molar-refractivity contribution >= 4 is 15.9 Å². The van der Waals surface area contributed by atoms with Gasteiger partial charge in [-0.25, -0.2) is 18.1 Å². The molecular formula is C15H19N5O3S. The third kappa shape index (κ3) is 3.04. The molecule has 1 atom stereocenters. The van der Waals surface area contributed by atoms with E-state index >= 15 is 0 Å². The van der Waals surface area contributed by atoms with Crippen LogP contribution in [0.2, 0.25) is 0 Å². The van der Waals surface area contributed by atoms with E-state index in [1.54, 1.807) is 12.1 Å². The van der Waals surface area contributed by atoms with E-state index in [2.05, 4.69) is 15.4 Å². The smallest absolute Gasteiger partial charge is 0.282 e. The molecule has 0 aliphatic carbocycles. The zero-order valence-corrected chi connectivity index (χ0v) is 14.1. The maximum atomic E-state index is 12.9. The number of amides is 1. The number of sulfonamides is 1. The largest absolute Gasteiger partial charge is 0.358 e. The molecule has 1 amide bonds. The van der Waals surface area contributed by atoms with Crippen LogP contribution in [0, 0.1) is 0 Å². The van der Waals surface area contributed by atoms with E-state index < -0.39 is 16.1 Å². The van der Waals surface area contributed by atoms with Crippen molar-refractivity contribution in [2.24, 2.45) is 0 Å². The minimum Gasteiger partial charge on any atom is -0.358 e. The molecule has 9 heteroatoms. The summed E-state index contributed by atoms with van der Waals surface area (Å²) in [4.78, 5) is 16.0. The highest BCUT2D eigenvalue weighted by atomic mass is 32.2. The second-order valence-electron chi connectivity index (χ2n) is 5.55. The molecule has 1 N–H and O–H groups in total. The molecule has 0 saturated carbocycles. The SMILES string of the molecule is CNC(=O)C1CCCCN1S(=O)(=O)c1ncn(-c2ccccc2)n1. The number of nitrogens with one attached hydrogen (secondary N) is 1. The molecule has 0 bridgehead atoms. The number of hydrogen-bond donors (Lipinski definition) is 1. The fraction of sp³-hybridized carbons (Fsp3) is 0.400. The van der Waals surface area contributed by atoms with E-state index in [9.17, 15) is 13.2 Å². The van der Waals surface area contributed by atoms with E-state index in [-0.39, 0.29) is 11.1 Å². The van der Waals surface area contributed by atoms with Gasteiger partial charge in [0.2, 0.25) is 5.91 Å². The zero-order chi connectivity index (χ0) is 17.2. The molecule has 1 unspecified atom stereocenters. The van der Waals surface area contributed by atoms with Crippen LogP contribution in [0.5, 0.6) is 0 Å². The van der Waals surface area contributed by atoms with Crippen LogP contribution < -0.4 is 5.32 Å². The Hall–Kier alpha value is -2.26. The lowest BCUT2D eigenvalue weighted by molar-refractivity contribution is -0.125. The summed E-state index contributed by atoms with van der Waals surface area (Å²) in [7, 11) is -2.42. The van der Waals surface area contributed by atoms with Gasteiger partial charge in [-0.2, -0.15) is 4.31 Å². The van der Waals surface area contributed by atoms with Crippen molar-refractivity contribution in [2.45, 2.75) is 30.5 Å². The molecule has 1 aromatic carbocycles. The second kappa shape index (κ2) is 6.70. The number of likely N-dealkylation sites (N-methyl/N-ethyl adjacent to an activating group) is 1. The highest BCUT2D eigenvalue weighted by Crippen LogP contribution is 2.24. The zero-order valence-electron chi connectivity index (χ0n) is 13.3. The average molecular weight is 349 g/mol. The van der Waals surface area contributed by atoms with Crippen molar-refractivity contribution in [3.05, 3.63) is 36.7 Å². The lowest BCUT2D eigenvalue weighted by Gasteiger charge is -2.32. The first-order chi connectivity index (χ1) is 11.5. The Balaban J connectivity index is 1.92. The first kappa shape index (κ1) is 16.6. The molecule has 0 radical (unpaired) electrons. The van der Waals surface area contributed by atoms with E-state index in [1.807, 2.05) is 18.2 Å².